The number of carbonyl (C=O) groups excluding carboxylic acids is 2. The van der Waals surface area contributed by atoms with Crippen LogP contribution < -0.4 is 0 Å². The Morgan fingerprint density at radius 1 is 1.27 bits per heavy atom. The molecule has 22 heavy (non-hydrogen) atoms. The van der Waals surface area contributed by atoms with E-state index in [1.54, 1.807) is 4.90 Å². The lowest BCUT2D eigenvalue weighted by Gasteiger charge is -2.47. The molecule has 1 heterocycles. The van der Waals surface area contributed by atoms with Crippen LogP contribution >= 0.6 is 0 Å². The van der Waals surface area contributed by atoms with Crippen molar-refractivity contribution in [1.82, 2.24) is 4.90 Å². The summed E-state index contributed by atoms with van der Waals surface area (Å²) in [7, 11) is 0. The van der Waals surface area contributed by atoms with Crippen molar-refractivity contribution in [3.8, 4) is 0 Å². The molecule has 2 unspecified atom stereocenters. The molecule has 0 radical (unpaired) electrons. The molecule has 2 atom stereocenters. The van der Waals surface area contributed by atoms with Crippen molar-refractivity contribution in [2.24, 2.45) is 5.92 Å². The second-order valence-electron chi connectivity index (χ2n) is 7.32. The number of piperidine rings is 1. The molecule has 128 valence electrons. The molecule has 0 aromatic carbocycles. The number of hydrogen-bond donors (Lipinski definition) is 0. The van der Waals surface area contributed by atoms with E-state index in [2.05, 4.69) is 6.92 Å². The average Bonchev–Trinajstić information content (AvgIpc) is 2.36. The highest BCUT2D eigenvalue weighted by molar-refractivity contribution is 5.74. The van der Waals surface area contributed by atoms with Gasteiger partial charge in [0.25, 0.3) is 0 Å². The van der Waals surface area contributed by atoms with E-state index in [1.165, 1.54) is 0 Å². The predicted molar refractivity (Wildman–Crippen MR) is 85.6 cm³/mol. The monoisotopic (exact) mass is 313 g/mol. The minimum atomic E-state index is -0.512. The number of ether oxygens (including phenoxy) is 2. The number of nitrogens with zero attached hydrogens (tertiary/aromatic N) is 1. The summed E-state index contributed by atoms with van der Waals surface area (Å²) in [6.45, 7) is 12.5. The second-order valence-corrected chi connectivity index (χ2v) is 7.32. The van der Waals surface area contributed by atoms with Crippen LogP contribution in [0, 0.1) is 5.92 Å². The van der Waals surface area contributed by atoms with Crippen LogP contribution in [0.5, 0.6) is 0 Å². The summed E-state index contributed by atoms with van der Waals surface area (Å²) in [6.07, 6.45) is 2.79. The molecule has 0 bridgehead atoms. The van der Waals surface area contributed by atoms with Gasteiger partial charge >= 0.3 is 12.1 Å². The first kappa shape index (κ1) is 18.8. The Labute approximate surface area is 134 Å². The molecule has 1 aliphatic heterocycles. The fourth-order valence-electron chi connectivity index (χ4n) is 3.16. The molecule has 1 fully saturated rings. The maximum atomic E-state index is 12.5. The SMILES string of the molecule is CCCC1(C)CC(C(=O)OCC)CCN1C(=O)OC(C)(C)C. The van der Waals surface area contributed by atoms with Crippen molar-refractivity contribution in [2.45, 2.75) is 78.4 Å². The Balaban J connectivity index is 2.87. The fraction of sp³-hybridized carbons (Fsp3) is 0.882. The molecule has 1 rings (SSSR count). The first-order chi connectivity index (χ1) is 10.1. The minimum absolute atomic E-state index is 0.129. The summed E-state index contributed by atoms with van der Waals surface area (Å²) in [4.78, 5) is 26.3. The summed E-state index contributed by atoms with van der Waals surface area (Å²) in [5.74, 6) is -0.274. The quantitative estimate of drug-likeness (QED) is 0.742. The highest BCUT2D eigenvalue weighted by Crippen LogP contribution is 2.36. The van der Waals surface area contributed by atoms with Crippen LogP contribution in [0.3, 0.4) is 0 Å². The molecule has 0 saturated carbocycles. The molecule has 1 aliphatic rings. The summed E-state index contributed by atoms with van der Waals surface area (Å²) < 4.78 is 10.7. The van der Waals surface area contributed by atoms with Gasteiger partial charge in [-0.1, -0.05) is 13.3 Å². The molecule has 1 saturated heterocycles. The van der Waals surface area contributed by atoms with Gasteiger partial charge in [0.05, 0.1) is 12.5 Å². The summed E-state index contributed by atoms with van der Waals surface area (Å²) in [5, 5.41) is 0. The molecule has 0 aromatic rings. The van der Waals surface area contributed by atoms with Crippen LogP contribution in [0.15, 0.2) is 0 Å². The van der Waals surface area contributed by atoms with E-state index in [0.717, 1.165) is 12.8 Å². The van der Waals surface area contributed by atoms with E-state index < -0.39 is 5.60 Å². The number of rotatable bonds is 4. The zero-order valence-corrected chi connectivity index (χ0v) is 14.9. The van der Waals surface area contributed by atoms with Gasteiger partial charge in [0.1, 0.15) is 5.60 Å². The van der Waals surface area contributed by atoms with Gasteiger partial charge in [-0.05, 0) is 53.9 Å². The van der Waals surface area contributed by atoms with Gasteiger partial charge in [0.2, 0.25) is 0 Å². The Morgan fingerprint density at radius 2 is 1.91 bits per heavy atom. The zero-order chi connectivity index (χ0) is 17.0. The van der Waals surface area contributed by atoms with E-state index in [-0.39, 0.29) is 23.5 Å². The molecule has 0 N–H and O–H groups in total. The lowest BCUT2D eigenvalue weighted by Crippen LogP contribution is -2.56. The Hall–Kier alpha value is -1.26. The molecule has 5 heteroatoms. The lowest BCUT2D eigenvalue weighted by molar-refractivity contribution is -0.152. The van der Waals surface area contributed by atoms with Gasteiger partial charge in [-0.2, -0.15) is 0 Å². The van der Waals surface area contributed by atoms with Crippen LogP contribution in [0.2, 0.25) is 0 Å². The predicted octanol–water partition coefficient (Wildman–Crippen LogP) is 3.76. The number of likely N-dealkylation sites (tertiary alicyclic amines) is 1. The molecular weight excluding hydrogens is 282 g/mol. The van der Waals surface area contributed by atoms with Crippen LogP contribution in [0.25, 0.3) is 0 Å². The second kappa shape index (κ2) is 7.34. The van der Waals surface area contributed by atoms with Crippen molar-refractivity contribution in [2.75, 3.05) is 13.2 Å². The summed E-state index contributed by atoms with van der Waals surface area (Å²) in [6, 6.07) is 0. The van der Waals surface area contributed by atoms with Crippen molar-refractivity contribution in [3.63, 3.8) is 0 Å². The van der Waals surface area contributed by atoms with Crippen molar-refractivity contribution >= 4 is 12.1 Å². The highest BCUT2D eigenvalue weighted by Gasteiger charge is 2.44. The van der Waals surface area contributed by atoms with Crippen LogP contribution in [-0.4, -0.2) is 41.3 Å². The first-order valence-electron chi connectivity index (χ1n) is 8.30. The maximum absolute atomic E-state index is 12.5. The van der Waals surface area contributed by atoms with Gasteiger partial charge in [0, 0.05) is 12.1 Å². The smallest absolute Gasteiger partial charge is 0.410 e. The van der Waals surface area contributed by atoms with Crippen LogP contribution in [0.4, 0.5) is 4.79 Å². The third-order valence-electron chi connectivity index (χ3n) is 4.06. The fourth-order valence-corrected chi connectivity index (χ4v) is 3.16. The summed E-state index contributed by atoms with van der Waals surface area (Å²) >= 11 is 0. The third kappa shape index (κ3) is 4.89. The maximum Gasteiger partial charge on any atom is 0.410 e. The topological polar surface area (TPSA) is 55.8 Å². The Bertz CT molecular complexity index is 402. The van der Waals surface area contributed by atoms with Crippen molar-refractivity contribution < 1.29 is 19.1 Å². The molecule has 0 spiro atoms. The van der Waals surface area contributed by atoms with Gasteiger partial charge < -0.3 is 14.4 Å². The molecular formula is C17H31NO4. The molecule has 0 aromatic heterocycles. The Morgan fingerprint density at radius 3 is 2.41 bits per heavy atom. The van der Waals surface area contributed by atoms with Crippen molar-refractivity contribution in [1.29, 1.82) is 0 Å². The van der Waals surface area contributed by atoms with Crippen LogP contribution in [-0.2, 0) is 14.3 Å². The highest BCUT2D eigenvalue weighted by atomic mass is 16.6. The lowest BCUT2D eigenvalue weighted by atomic mass is 9.79. The van der Waals surface area contributed by atoms with Crippen LogP contribution in [0.1, 0.15) is 67.2 Å². The van der Waals surface area contributed by atoms with E-state index in [0.29, 0.717) is 26.0 Å². The first-order valence-corrected chi connectivity index (χ1v) is 8.30. The zero-order valence-electron chi connectivity index (χ0n) is 14.9. The van der Waals surface area contributed by atoms with E-state index in [9.17, 15) is 9.59 Å². The van der Waals surface area contributed by atoms with E-state index in [1.807, 2.05) is 34.6 Å². The number of esters is 1. The Kier molecular flexibility index (Phi) is 6.27. The number of amides is 1. The number of hydrogen-bond acceptors (Lipinski definition) is 4. The normalized spacial score (nSPS) is 25.7. The van der Waals surface area contributed by atoms with Gasteiger partial charge in [0.15, 0.2) is 0 Å². The minimum Gasteiger partial charge on any atom is -0.466 e. The molecule has 1 amide bonds. The van der Waals surface area contributed by atoms with E-state index in [4.69, 9.17) is 9.47 Å². The number of carbonyl (C=O) groups is 2. The van der Waals surface area contributed by atoms with Gasteiger partial charge in [-0.15, -0.1) is 0 Å². The van der Waals surface area contributed by atoms with E-state index >= 15 is 0 Å². The largest absolute Gasteiger partial charge is 0.466 e. The van der Waals surface area contributed by atoms with Gasteiger partial charge in [-0.3, -0.25) is 4.79 Å². The average molecular weight is 313 g/mol. The van der Waals surface area contributed by atoms with Gasteiger partial charge in [-0.25, -0.2) is 4.79 Å². The van der Waals surface area contributed by atoms with Crippen molar-refractivity contribution in [3.05, 3.63) is 0 Å². The summed E-state index contributed by atoms with van der Waals surface area (Å²) in [5.41, 5.74) is -0.866. The third-order valence-corrected chi connectivity index (χ3v) is 4.06. The molecule has 0 aliphatic carbocycles. The molecule has 5 nitrogen and oxygen atoms in total. The standard InChI is InChI=1S/C17H31NO4/c1-7-10-17(6)12-13(14(19)21-8-2)9-11-18(17)15(20)22-16(3,4)5/h13H,7-12H2,1-6H3.